The van der Waals surface area contributed by atoms with Gasteiger partial charge in [0.25, 0.3) is 0 Å². The van der Waals surface area contributed by atoms with E-state index in [0.717, 1.165) is 6.54 Å². The molecule has 0 unspecified atom stereocenters. The van der Waals surface area contributed by atoms with Gasteiger partial charge in [-0.25, -0.2) is 4.79 Å². The first-order valence-corrected chi connectivity index (χ1v) is 5.30. The lowest BCUT2D eigenvalue weighted by molar-refractivity contribution is 0.0698. The van der Waals surface area contributed by atoms with Gasteiger partial charge in [-0.3, -0.25) is 0 Å². The molecule has 16 heavy (non-hydrogen) atoms. The number of hydrogen-bond acceptors (Lipinski definition) is 3. The maximum atomic E-state index is 11.0. The Bertz CT molecular complexity index is 380. The van der Waals surface area contributed by atoms with E-state index in [-0.39, 0.29) is 5.56 Å². The van der Waals surface area contributed by atoms with Gasteiger partial charge in [0.05, 0.1) is 5.56 Å². The van der Waals surface area contributed by atoms with E-state index in [0.29, 0.717) is 17.3 Å². The standard InChI is InChI=1S/C11H15ClN2O2/c1-14(2)6-5-13-10-4-3-8(12)7-9(10)11(15)16/h3-4,7,13H,5-6H2,1-2H3,(H,15,16). The van der Waals surface area contributed by atoms with Crippen LogP contribution in [-0.2, 0) is 0 Å². The molecule has 0 aliphatic heterocycles. The fraction of sp³-hybridized carbons (Fsp3) is 0.364. The average Bonchev–Trinajstić information content (AvgIpc) is 2.19. The molecule has 0 aliphatic rings. The van der Waals surface area contributed by atoms with Crippen LogP contribution in [0, 0.1) is 0 Å². The summed E-state index contributed by atoms with van der Waals surface area (Å²) in [5, 5.41) is 12.5. The lowest BCUT2D eigenvalue weighted by atomic mass is 10.2. The molecule has 1 aromatic carbocycles. The van der Waals surface area contributed by atoms with Gasteiger partial charge in [0.1, 0.15) is 0 Å². The highest BCUT2D eigenvalue weighted by molar-refractivity contribution is 6.31. The molecular formula is C11H15ClN2O2. The number of carboxylic acids is 1. The molecule has 1 rings (SSSR count). The predicted molar refractivity (Wildman–Crippen MR) is 65.5 cm³/mol. The normalized spacial score (nSPS) is 10.5. The van der Waals surface area contributed by atoms with Gasteiger partial charge in [0, 0.05) is 23.8 Å². The second-order valence-electron chi connectivity index (χ2n) is 3.73. The summed E-state index contributed by atoms with van der Waals surface area (Å²) in [7, 11) is 3.92. The van der Waals surface area contributed by atoms with Crippen LogP contribution in [0.4, 0.5) is 5.69 Å². The van der Waals surface area contributed by atoms with E-state index < -0.39 is 5.97 Å². The van der Waals surface area contributed by atoms with Gasteiger partial charge < -0.3 is 15.3 Å². The first-order valence-electron chi connectivity index (χ1n) is 4.92. The van der Waals surface area contributed by atoms with Gasteiger partial charge in [0.15, 0.2) is 0 Å². The van der Waals surface area contributed by atoms with Crippen LogP contribution in [0.5, 0.6) is 0 Å². The Morgan fingerprint density at radius 3 is 2.75 bits per heavy atom. The number of hydrogen-bond donors (Lipinski definition) is 2. The third-order valence-corrected chi connectivity index (χ3v) is 2.32. The quantitative estimate of drug-likeness (QED) is 0.830. The van der Waals surface area contributed by atoms with E-state index in [1.54, 1.807) is 12.1 Å². The third kappa shape index (κ3) is 3.72. The Labute approximate surface area is 99.8 Å². The largest absolute Gasteiger partial charge is 0.478 e. The molecule has 0 saturated heterocycles. The van der Waals surface area contributed by atoms with Gasteiger partial charge in [-0.15, -0.1) is 0 Å². The van der Waals surface area contributed by atoms with E-state index >= 15 is 0 Å². The number of nitrogens with zero attached hydrogens (tertiary/aromatic N) is 1. The number of carboxylic acid groups (broad SMARTS) is 1. The highest BCUT2D eigenvalue weighted by Crippen LogP contribution is 2.20. The number of benzene rings is 1. The lowest BCUT2D eigenvalue weighted by Gasteiger charge is -2.13. The molecule has 88 valence electrons. The van der Waals surface area contributed by atoms with Gasteiger partial charge >= 0.3 is 5.97 Å². The van der Waals surface area contributed by atoms with Crippen LogP contribution in [0.2, 0.25) is 5.02 Å². The zero-order chi connectivity index (χ0) is 12.1. The van der Waals surface area contributed by atoms with Crippen molar-refractivity contribution in [2.75, 3.05) is 32.5 Å². The van der Waals surface area contributed by atoms with Crippen LogP contribution in [0.3, 0.4) is 0 Å². The van der Waals surface area contributed by atoms with Crippen molar-refractivity contribution in [1.29, 1.82) is 0 Å². The van der Waals surface area contributed by atoms with Crippen LogP contribution < -0.4 is 5.32 Å². The van der Waals surface area contributed by atoms with Gasteiger partial charge in [-0.1, -0.05) is 11.6 Å². The summed E-state index contributed by atoms with van der Waals surface area (Å²) < 4.78 is 0. The highest BCUT2D eigenvalue weighted by atomic mass is 35.5. The van der Waals surface area contributed by atoms with Crippen molar-refractivity contribution in [2.24, 2.45) is 0 Å². The van der Waals surface area contributed by atoms with Crippen molar-refractivity contribution >= 4 is 23.3 Å². The third-order valence-electron chi connectivity index (χ3n) is 2.09. The average molecular weight is 243 g/mol. The number of nitrogens with one attached hydrogen (secondary N) is 1. The second kappa shape index (κ2) is 5.72. The van der Waals surface area contributed by atoms with Crippen molar-refractivity contribution in [2.45, 2.75) is 0 Å². The zero-order valence-electron chi connectivity index (χ0n) is 9.33. The van der Waals surface area contributed by atoms with E-state index in [1.165, 1.54) is 6.07 Å². The molecule has 0 aromatic heterocycles. The summed E-state index contributed by atoms with van der Waals surface area (Å²) in [5.41, 5.74) is 0.796. The maximum Gasteiger partial charge on any atom is 0.337 e. The number of halogens is 1. The molecule has 0 atom stereocenters. The van der Waals surface area contributed by atoms with Gasteiger partial charge in [-0.05, 0) is 32.3 Å². The Kier molecular flexibility index (Phi) is 4.58. The van der Waals surface area contributed by atoms with Crippen molar-refractivity contribution in [3.8, 4) is 0 Å². The fourth-order valence-electron chi connectivity index (χ4n) is 1.26. The van der Waals surface area contributed by atoms with Crippen LogP contribution >= 0.6 is 11.6 Å². The SMILES string of the molecule is CN(C)CCNc1ccc(Cl)cc1C(=O)O. The minimum Gasteiger partial charge on any atom is -0.478 e. The van der Waals surface area contributed by atoms with Crippen molar-refractivity contribution < 1.29 is 9.90 Å². The van der Waals surface area contributed by atoms with Crippen molar-refractivity contribution in [3.63, 3.8) is 0 Å². The first-order chi connectivity index (χ1) is 7.50. The first kappa shape index (κ1) is 12.8. The number of rotatable bonds is 5. The second-order valence-corrected chi connectivity index (χ2v) is 4.16. The summed E-state index contributed by atoms with van der Waals surface area (Å²) in [4.78, 5) is 13.0. The summed E-state index contributed by atoms with van der Waals surface area (Å²) >= 11 is 5.75. The molecule has 0 fully saturated rings. The monoisotopic (exact) mass is 242 g/mol. The van der Waals surface area contributed by atoms with Crippen molar-refractivity contribution in [1.82, 2.24) is 4.90 Å². The summed E-state index contributed by atoms with van der Waals surface area (Å²) in [6, 6.07) is 4.80. The van der Waals surface area contributed by atoms with E-state index in [1.807, 2.05) is 19.0 Å². The maximum absolute atomic E-state index is 11.0. The van der Waals surface area contributed by atoms with Crippen molar-refractivity contribution in [3.05, 3.63) is 28.8 Å². The molecule has 0 saturated carbocycles. The number of aromatic carboxylic acids is 1. The van der Waals surface area contributed by atoms with Crippen LogP contribution in [0.1, 0.15) is 10.4 Å². The molecule has 0 heterocycles. The highest BCUT2D eigenvalue weighted by Gasteiger charge is 2.10. The minimum absolute atomic E-state index is 0.200. The predicted octanol–water partition coefficient (Wildman–Crippen LogP) is 2.01. The molecule has 4 nitrogen and oxygen atoms in total. The van der Waals surface area contributed by atoms with E-state index in [2.05, 4.69) is 5.32 Å². The van der Waals surface area contributed by atoms with Gasteiger partial charge in [-0.2, -0.15) is 0 Å². The fourth-order valence-corrected chi connectivity index (χ4v) is 1.43. The molecular weight excluding hydrogens is 228 g/mol. The van der Waals surface area contributed by atoms with Crippen LogP contribution in [0.15, 0.2) is 18.2 Å². The topological polar surface area (TPSA) is 52.6 Å². The Hall–Kier alpha value is -1.26. The number of likely N-dealkylation sites (N-methyl/N-ethyl adjacent to an activating group) is 1. The molecule has 1 aromatic rings. The number of anilines is 1. The molecule has 0 radical (unpaired) electrons. The molecule has 0 bridgehead atoms. The Morgan fingerprint density at radius 1 is 1.50 bits per heavy atom. The zero-order valence-corrected chi connectivity index (χ0v) is 10.1. The van der Waals surface area contributed by atoms with Crippen LogP contribution in [0.25, 0.3) is 0 Å². The molecule has 0 amide bonds. The summed E-state index contributed by atoms with van der Waals surface area (Å²) in [5.74, 6) is -0.977. The Morgan fingerprint density at radius 2 is 2.19 bits per heavy atom. The molecule has 0 spiro atoms. The summed E-state index contributed by atoms with van der Waals surface area (Å²) in [6.45, 7) is 1.52. The minimum atomic E-state index is -0.977. The smallest absolute Gasteiger partial charge is 0.337 e. The van der Waals surface area contributed by atoms with E-state index in [9.17, 15) is 4.79 Å². The van der Waals surface area contributed by atoms with Gasteiger partial charge in [0.2, 0.25) is 0 Å². The lowest BCUT2D eigenvalue weighted by Crippen LogP contribution is -2.21. The molecule has 5 heteroatoms. The van der Waals surface area contributed by atoms with Crippen LogP contribution in [-0.4, -0.2) is 43.2 Å². The summed E-state index contributed by atoms with van der Waals surface area (Å²) in [6.07, 6.45) is 0. The number of carbonyl (C=O) groups is 1. The molecule has 0 aliphatic carbocycles. The Balaban J connectivity index is 2.75. The molecule has 2 N–H and O–H groups in total. The van der Waals surface area contributed by atoms with E-state index in [4.69, 9.17) is 16.7 Å².